The fourth-order valence-corrected chi connectivity index (χ4v) is 3.36. The molecule has 0 saturated carbocycles. The summed E-state index contributed by atoms with van der Waals surface area (Å²) in [5.74, 6) is 0.149. The van der Waals surface area contributed by atoms with Crippen molar-refractivity contribution in [2.24, 2.45) is 11.7 Å². The predicted octanol–water partition coefficient (Wildman–Crippen LogP) is 2.62. The van der Waals surface area contributed by atoms with Gasteiger partial charge in [0.15, 0.2) is 0 Å². The molecule has 0 aromatic carbocycles. The van der Waals surface area contributed by atoms with Crippen LogP contribution in [0.4, 0.5) is 0 Å². The minimum absolute atomic E-state index is 0. The van der Waals surface area contributed by atoms with Crippen LogP contribution in [-0.2, 0) is 9.53 Å². The molecule has 3 N–H and O–H groups in total. The number of amides is 1. The maximum atomic E-state index is 12.3. The quantitative estimate of drug-likeness (QED) is 0.835. The summed E-state index contributed by atoms with van der Waals surface area (Å²) in [5, 5.41) is 6.00. The van der Waals surface area contributed by atoms with Crippen molar-refractivity contribution in [2.75, 3.05) is 13.2 Å². The molecule has 1 amide bonds. The van der Waals surface area contributed by atoms with Crippen LogP contribution in [0.3, 0.4) is 0 Å². The van der Waals surface area contributed by atoms with E-state index in [9.17, 15) is 4.79 Å². The van der Waals surface area contributed by atoms with Gasteiger partial charge in [0.25, 0.3) is 0 Å². The number of nitrogens with zero attached hydrogens (tertiary/aromatic N) is 1. The first-order valence-electron chi connectivity index (χ1n) is 7.17. The highest BCUT2D eigenvalue weighted by molar-refractivity contribution is 7.09. The van der Waals surface area contributed by atoms with Gasteiger partial charge in [0.1, 0.15) is 5.01 Å². The van der Waals surface area contributed by atoms with E-state index in [0.29, 0.717) is 13.2 Å². The lowest BCUT2D eigenvalue weighted by Crippen LogP contribution is -2.48. The van der Waals surface area contributed by atoms with E-state index in [0.717, 1.165) is 30.0 Å². The summed E-state index contributed by atoms with van der Waals surface area (Å²) in [4.78, 5) is 16.7. The van der Waals surface area contributed by atoms with Crippen LogP contribution < -0.4 is 11.1 Å². The lowest BCUT2D eigenvalue weighted by Gasteiger charge is -2.28. The van der Waals surface area contributed by atoms with E-state index in [1.807, 2.05) is 19.2 Å². The summed E-state index contributed by atoms with van der Waals surface area (Å²) in [7, 11) is 0. The molecule has 1 saturated heterocycles. The highest BCUT2D eigenvalue weighted by Gasteiger charge is 2.28. The zero-order chi connectivity index (χ0) is 14.5. The molecule has 128 valence electrons. The van der Waals surface area contributed by atoms with Gasteiger partial charge in [-0.2, -0.15) is 0 Å². The van der Waals surface area contributed by atoms with Gasteiger partial charge in [-0.25, -0.2) is 4.98 Å². The van der Waals surface area contributed by atoms with E-state index < -0.39 is 6.04 Å². The summed E-state index contributed by atoms with van der Waals surface area (Å²) in [6.07, 6.45) is 2.54. The number of hydrogen-bond donors (Lipinski definition) is 2. The van der Waals surface area contributed by atoms with Gasteiger partial charge in [0.2, 0.25) is 5.91 Å². The van der Waals surface area contributed by atoms with Crippen molar-refractivity contribution in [1.82, 2.24) is 10.3 Å². The highest BCUT2D eigenvalue weighted by Crippen LogP contribution is 2.22. The Morgan fingerprint density at radius 2 is 2.14 bits per heavy atom. The number of aryl methyl sites for hydroxylation is 1. The smallest absolute Gasteiger partial charge is 0.237 e. The lowest BCUT2D eigenvalue weighted by molar-refractivity contribution is -0.125. The Balaban J connectivity index is 0.00000220. The topological polar surface area (TPSA) is 77.2 Å². The molecule has 1 aliphatic heterocycles. The van der Waals surface area contributed by atoms with Crippen molar-refractivity contribution in [2.45, 2.75) is 45.2 Å². The largest absolute Gasteiger partial charge is 0.381 e. The summed E-state index contributed by atoms with van der Waals surface area (Å²) in [6.45, 7) is 5.41. The van der Waals surface area contributed by atoms with Crippen LogP contribution in [0.25, 0.3) is 0 Å². The van der Waals surface area contributed by atoms with E-state index >= 15 is 0 Å². The zero-order valence-corrected chi connectivity index (χ0v) is 15.4. The Morgan fingerprint density at radius 3 is 2.64 bits per heavy atom. The molecular formula is C14H25Cl2N3O2S. The number of rotatable bonds is 5. The fraction of sp³-hybridized carbons (Fsp3) is 0.714. The van der Waals surface area contributed by atoms with Gasteiger partial charge < -0.3 is 15.8 Å². The second-order valence-electron chi connectivity index (χ2n) is 5.27. The third-order valence-corrected chi connectivity index (χ3v) is 4.81. The molecule has 1 fully saturated rings. The average molecular weight is 370 g/mol. The third kappa shape index (κ3) is 5.66. The minimum atomic E-state index is -0.450. The number of carbonyl (C=O) groups is 1. The first-order chi connectivity index (χ1) is 9.61. The van der Waals surface area contributed by atoms with Gasteiger partial charge in [-0.1, -0.05) is 6.92 Å². The second-order valence-corrected chi connectivity index (χ2v) is 6.16. The van der Waals surface area contributed by atoms with Crippen LogP contribution >= 0.6 is 36.2 Å². The Hall–Kier alpha value is -0.400. The highest BCUT2D eigenvalue weighted by atomic mass is 35.5. The Labute approximate surface area is 148 Å². The molecule has 0 spiro atoms. The number of hydrogen-bond acceptors (Lipinski definition) is 5. The van der Waals surface area contributed by atoms with E-state index in [1.165, 1.54) is 0 Å². The maximum absolute atomic E-state index is 12.3. The Bertz CT molecular complexity index is 453. The van der Waals surface area contributed by atoms with Gasteiger partial charge in [0, 0.05) is 24.3 Å². The number of ether oxygens (including phenoxy) is 1. The maximum Gasteiger partial charge on any atom is 0.237 e. The van der Waals surface area contributed by atoms with Gasteiger partial charge in [0.05, 0.1) is 12.1 Å². The second kappa shape index (κ2) is 10.4. The molecule has 2 atom stereocenters. The molecule has 2 rings (SSSR count). The molecule has 1 aliphatic rings. The van der Waals surface area contributed by atoms with Crippen LogP contribution in [0.15, 0.2) is 5.38 Å². The van der Waals surface area contributed by atoms with Gasteiger partial charge in [-0.15, -0.1) is 36.2 Å². The molecule has 0 aliphatic carbocycles. The molecule has 22 heavy (non-hydrogen) atoms. The normalized spacial score (nSPS) is 17.8. The van der Waals surface area contributed by atoms with Crippen molar-refractivity contribution in [1.29, 1.82) is 0 Å². The molecule has 2 heterocycles. The van der Waals surface area contributed by atoms with Crippen LogP contribution in [0.2, 0.25) is 0 Å². The molecule has 2 unspecified atom stereocenters. The molecular weight excluding hydrogens is 345 g/mol. The summed E-state index contributed by atoms with van der Waals surface area (Å²) in [5.41, 5.74) is 7.09. The number of carbonyl (C=O) groups excluding carboxylic acids is 1. The van der Waals surface area contributed by atoms with Crippen molar-refractivity contribution >= 4 is 42.1 Å². The average Bonchev–Trinajstić information content (AvgIpc) is 2.91. The summed E-state index contributed by atoms with van der Waals surface area (Å²) < 4.78 is 5.31. The molecule has 1 aromatic heterocycles. The van der Waals surface area contributed by atoms with Crippen LogP contribution in [0.5, 0.6) is 0 Å². The zero-order valence-electron chi connectivity index (χ0n) is 12.9. The standard InChI is InChI=1S/C14H23N3O2S.2ClH/c1-3-11(14-16-9(2)8-20-14)17-13(18)12(15)10-4-6-19-7-5-10;;/h8,10-12H,3-7,15H2,1-2H3,(H,17,18);2*1H. The minimum Gasteiger partial charge on any atom is -0.381 e. The Kier molecular flexibility index (Phi) is 10.2. The van der Waals surface area contributed by atoms with Gasteiger partial charge in [-0.3, -0.25) is 4.79 Å². The van der Waals surface area contributed by atoms with Gasteiger partial charge >= 0.3 is 0 Å². The molecule has 0 radical (unpaired) electrons. The molecule has 0 bridgehead atoms. The monoisotopic (exact) mass is 369 g/mol. The van der Waals surface area contributed by atoms with E-state index in [2.05, 4.69) is 10.3 Å². The fourth-order valence-electron chi connectivity index (χ4n) is 2.43. The van der Waals surface area contributed by atoms with Crippen molar-refractivity contribution in [3.05, 3.63) is 16.1 Å². The first-order valence-corrected chi connectivity index (χ1v) is 8.05. The van der Waals surface area contributed by atoms with Crippen molar-refractivity contribution < 1.29 is 9.53 Å². The lowest BCUT2D eigenvalue weighted by atomic mass is 9.91. The van der Waals surface area contributed by atoms with Crippen molar-refractivity contribution in [3.8, 4) is 0 Å². The summed E-state index contributed by atoms with van der Waals surface area (Å²) >= 11 is 1.58. The number of aromatic nitrogens is 1. The third-order valence-electron chi connectivity index (χ3n) is 3.74. The van der Waals surface area contributed by atoms with E-state index in [-0.39, 0.29) is 42.7 Å². The number of thiazole rings is 1. The molecule has 5 nitrogen and oxygen atoms in total. The molecule has 1 aromatic rings. The SMILES string of the molecule is CCC(NC(=O)C(N)C1CCOCC1)c1nc(C)cs1.Cl.Cl. The van der Waals surface area contributed by atoms with E-state index in [1.54, 1.807) is 11.3 Å². The number of halogens is 2. The summed E-state index contributed by atoms with van der Waals surface area (Å²) in [6, 6.07) is -0.485. The van der Waals surface area contributed by atoms with Gasteiger partial charge in [-0.05, 0) is 32.1 Å². The number of nitrogens with one attached hydrogen (secondary N) is 1. The first kappa shape index (κ1) is 21.6. The van der Waals surface area contributed by atoms with Crippen LogP contribution in [0, 0.1) is 12.8 Å². The predicted molar refractivity (Wildman–Crippen MR) is 94.0 cm³/mol. The van der Waals surface area contributed by atoms with Crippen LogP contribution in [0.1, 0.15) is 42.9 Å². The Morgan fingerprint density at radius 1 is 1.50 bits per heavy atom. The van der Waals surface area contributed by atoms with Crippen molar-refractivity contribution in [3.63, 3.8) is 0 Å². The van der Waals surface area contributed by atoms with Crippen LogP contribution in [-0.4, -0.2) is 30.1 Å². The molecule has 8 heteroatoms. The van der Waals surface area contributed by atoms with E-state index in [4.69, 9.17) is 10.5 Å². The number of nitrogens with two attached hydrogens (primary N) is 1.